The van der Waals surface area contributed by atoms with Gasteiger partial charge in [-0.05, 0) is 18.7 Å². The molecule has 2 atom stereocenters. The van der Waals surface area contributed by atoms with Gasteiger partial charge in [-0.25, -0.2) is 0 Å². The summed E-state index contributed by atoms with van der Waals surface area (Å²) in [5.41, 5.74) is 0. The fourth-order valence-electron chi connectivity index (χ4n) is 0.701. The zero-order valence-corrected chi connectivity index (χ0v) is 12.0. The minimum atomic E-state index is -0.663. The second kappa shape index (κ2) is 19.8. The number of hydrogen-bond acceptors (Lipinski definition) is 1. The molecule has 0 aliphatic carbocycles. The summed E-state index contributed by atoms with van der Waals surface area (Å²) in [6.45, 7) is 4.31. The van der Waals surface area contributed by atoms with Gasteiger partial charge in [0.15, 0.2) is 0 Å². The molecule has 3 nitrogen and oxygen atoms in total. The molecular weight excluding hydrogens is 230 g/mol. The maximum Gasteiger partial charge on any atom is 0.307 e. The van der Waals surface area contributed by atoms with Crippen molar-refractivity contribution in [2.75, 3.05) is 18.5 Å². The molecule has 0 fully saturated rings. The van der Waals surface area contributed by atoms with Gasteiger partial charge in [0.05, 0.1) is 6.16 Å². The summed E-state index contributed by atoms with van der Waals surface area (Å²) in [7, 11) is 3.32. The zero-order chi connectivity index (χ0) is 11.2. The van der Waals surface area contributed by atoms with Crippen LogP contribution < -0.4 is 0 Å². The summed E-state index contributed by atoms with van der Waals surface area (Å²) < 4.78 is 0. The van der Waals surface area contributed by atoms with E-state index in [0.717, 1.165) is 6.16 Å². The Morgan fingerprint density at radius 3 is 2.07 bits per heavy atom. The minimum Gasteiger partial charge on any atom is -0.481 e. The second-order valence-corrected chi connectivity index (χ2v) is 5.00. The van der Waals surface area contributed by atoms with E-state index in [1.807, 2.05) is 0 Å². The van der Waals surface area contributed by atoms with Gasteiger partial charge in [-0.1, -0.05) is 33.1 Å². The van der Waals surface area contributed by atoms with E-state index >= 15 is 0 Å². The van der Waals surface area contributed by atoms with Crippen molar-refractivity contribution in [3.05, 3.63) is 0 Å². The van der Waals surface area contributed by atoms with Crippen molar-refractivity contribution in [3.63, 3.8) is 0 Å². The molecule has 0 bridgehead atoms. The van der Waals surface area contributed by atoms with Crippen molar-refractivity contribution < 1.29 is 15.4 Å². The summed E-state index contributed by atoms with van der Waals surface area (Å²) in [4.78, 5) is 9.97. The molecular formula is C10H26O3P2. The van der Waals surface area contributed by atoms with E-state index in [2.05, 4.69) is 23.1 Å². The molecule has 94 valence electrons. The maximum absolute atomic E-state index is 9.97. The average Bonchev–Trinajstić information content (AvgIpc) is 2.15. The van der Waals surface area contributed by atoms with Crippen LogP contribution in [0.15, 0.2) is 0 Å². The molecule has 0 spiro atoms. The van der Waals surface area contributed by atoms with E-state index in [4.69, 9.17) is 5.11 Å². The van der Waals surface area contributed by atoms with E-state index in [-0.39, 0.29) is 5.48 Å². The summed E-state index contributed by atoms with van der Waals surface area (Å²) in [5.74, 6) is -0.663. The number of carboxylic acids is 1. The van der Waals surface area contributed by atoms with Gasteiger partial charge in [-0.3, -0.25) is 4.79 Å². The first kappa shape index (κ1) is 20.7. The molecule has 0 aliphatic rings. The average molecular weight is 256 g/mol. The van der Waals surface area contributed by atoms with Gasteiger partial charge in [0.1, 0.15) is 0 Å². The molecule has 0 aromatic carbocycles. The third kappa shape index (κ3) is 31.4. The van der Waals surface area contributed by atoms with Crippen molar-refractivity contribution >= 4 is 23.8 Å². The fraction of sp³-hybridized carbons (Fsp3) is 0.900. The van der Waals surface area contributed by atoms with Crippen LogP contribution in [0.25, 0.3) is 0 Å². The van der Waals surface area contributed by atoms with Crippen LogP contribution in [0.4, 0.5) is 0 Å². The standard InChI is InChI=1S/C6H13O2P.C4H11P.H2O/c1-2-3-4-9-5-6(7)8;1-2-3-4-5;/h9H,2-5H2,1H3,(H,7,8);2-5H2,1H3;1H2. The van der Waals surface area contributed by atoms with E-state index in [1.54, 1.807) is 0 Å². The number of carbonyl (C=O) groups is 1. The predicted octanol–water partition coefficient (Wildman–Crippen LogP) is 2.39. The molecule has 0 saturated carbocycles. The first-order chi connectivity index (χ1) is 6.68. The molecule has 0 radical (unpaired) electrons. The first-order valence-electron chi connectivity index (χ1n) is 5.31. The second-order valence-electron chi connectivity index (χ2n) is 3.07. The van der Waals surface area contributed by atoms with Crippen LogP contribution in [0, 0.1) is 0 Å². The number of rotatable bonds is 7. The van der Waals surface area contributed by atoms with E-state index in [9.17, 15) is 4.79 Å². The van der Waals surface area contributed by atoms with Gasteiger partial charge in [0, 0.05) is 0 Å². The summed E-state index contributed by atoms with van der Waals surface area (Å²) in [5, 5.41) is 8.22. The predicted molar refractivity (Wildman–Crippen MR) is 73.7 cm³/mol. The van der Waals surface area contributed by atoms with Crippen LogP contribution in [0.5, 0.6) is 0 Å². The Bertz CT molecular complexity index is 119. The fourth-order valence-corrected chi connectivity index (χ4v) is 2.10. The van der Waals surface area contributed by atoms with Gasteiger partial charge >= 0.3 is 5.97 Å². The van der Waals surface area contributed by atoms with Gasteiger partial charge in [0.2, 0.25) is 0 Å². The van der Waals surface area contributed by atoms with Crippen molar-refractivity contribution in [2.24, 2.45) is 0 Å². The zero-order valence-electron chi connectivity index (χ0n) is 9.88. The molecule has 15 heavy (non-hydrogen) atoms. The smallest absolute Gasteiger partial charge is 0.307 e. The Morgan fingerprint density at radius 2 is 1.80 bits per heavy atom. The summed E-state index contributed by atoms with van der Waals surface area (Å²) in [6.07, 6.45) is 7.73. The van der Waals surface area contributed by atoms with Crippen LogP contribution in [-0.2, 0) is 4.79 Å². The normalized spacial score (nSPS) is 9.27. The number of aliphatic carboxylic acids is 1. The molecule has 2 unspecified atom stereocenters. The molecule has 0 aromatic rings. The van der Waals surface area contributed by atoms with Crippen molar-refractivity contribution in [2.45, 2.75) is 39.5 Å². The first-order valence-corrected chi connectivity index (χ1v) is 7.54. The largest absolute Gasteiger partial charge is 0.481 e. The molecule has 0 rings (SSSR count). The maximum atomic E-state index is 9.97. The number of carboxylic acid groups (broad SMARTS) is 1. The molecule has 0 saturated heterocycles. The molecule has 0 aliphatic heterocycles. The lowest BCUT2D eigenvalue weighted by molar-refractivity contribution is -0.133. The molecule has 0 heterocycles. The van der Waals surface area contributed by atoms with E-state index in [1.165, 1.54) is 31.8 Å². The van der Waals surface area contributed by atoms with E-state index in [0.29, 0.717) is 14.7 Å². The Hall–Kier alpha value is 0.290. The number of hydrogen-bond donors (Lipinski definition) is 1. The summed E-state index contributed by atoms with van der Waals surface area (Å²) in [6, 6.07) is 0. The SMILES string of the molecule is CCCCP.CCCCPCC(=O)O.O. The van der Waals surface area contributed by atoms with Crippen molar-refractivity contribution in [1.29, 1.82) is 0 Å². The van der Waals surface area contributed by atoms with Gasteiger partial charge in [0.25, 0.3) is 0 Å². The third-order valence-corrected chi connectivity index (χ3v) is 3.21. The lowest BCUT2D eigenvalue weighted by Gasteiger charge is -1.93. The van der Waals surface area contributed by atoms with Crippen LogP contribution in [0.3, 0.4) is 0 Å². The number of unbranched alkanes of at least 4 members (excludes halogenated alkanes) is 2. The van der Waals surface area contributed by atoms with Crippen LogP contribution in [-0.4, -0.2) is 35.0 Å². The molecule has 0 amide bonds. The van der Waals surface area contributed by atoms with Gasteiger partial charge in [-0.2, -0.15) is 0 Å². The highest BCUT2D eigenvalue weighted by Crippen LogP contribution is 2.10. The van der Waals surface area contributed by atoms with Crippen LogP contribution >= 0.6 is 17.8 Å². The highest BCUT2D eigenvalue weighted by molar-refractivity contribution is 7.39. The Balaban J connectivity index is -0.000000208. The molecule has 0 aromatic heterocycles. The highest BCUT2D eigenvalue weighted by atomic mass is 31.1. The minimum absolute atomic E-state index is 0. The Morgan fingerprint density at radius 1 is 1.27 bits per heavy atom. The lowest BCUT2D eigenvalue weighted by Crippen LogP contribution is -1.96. The van der Waals surface area contributed by atoms with Crippen LogP contribution in [0.1, 0.15) is 39.5 Å². The van der Waals surface area contributed by atoms with Gasteiger partial charge < -0.3 is 10.6 Å². The highest BCUT2D eigenvalue weighted by Gasteiger charge is 1.93. The van der Waals surface area contributed by atoms with Crippen molar-refractivity contribution in [3.8, 4) is 0 Å². The third-order valence-electron chi connectivity index (χ3n) is 1.54. The summed E-state index contributed by atoms with van der Waals surface area (Å²) >= 11 is 0. The van der Waals surface area contributed by atoms with E-state index < -0.39 is 5.97 Å². The Kier molecular flexibility index (Phi) is 27.3. The van der Waals surface area contributed by atoms with Crippen LogP contribution in [0.2, 0.25) is 0 Å². The monoisotopic (exact) mass is 256 g/mol. The lowest BCUT2D eigenvalue weighted by atomic mass is 10.4. The molecule has 5 heteroatoms. The molecule has 3 N–H and O–H groups in total. The van der Waals surface area contributed by atoms with Crippen molar-refractivity contribution in [1.82, 2.24) is 0 Å². The quantitative estimate of drug-likeness (QED) is 0.561. The topological polar surface area (TPSA) is 68.8 Å². The Labute approximate surface area is 97.7 Å². The van der Waals surface area contributed by atoms with Gasteiger partial charge in [-0.15, -0.1) is 17.8 Å².